The van der Waals surface area contributed by atoms with Crippen LogP contribution in [-0.4, -0.2) is 249 Å². The number of hydrogen-bond donors (Lipinski definition) is 9. The summed E-state index contributed by atoms with van der Waals surface area (Å²) in [5, 5.41) is 19.4. The van der Waals surface area contributed by atoms with Crippen molar-refractivity contribution in [2.75, 3.05) is 123 Å². The number of rotatable bonds is 31. The standard InChI is InChI=1S/C25H35N5O2.C24H33N3O2.C21H26N2OS.C20H27N3O.C20H26N2O2/c1-4-9-29-14-18(15-30(25(32)27-5-2)16-26-12-17(3)31)10-21-20-7-6-8-22-24(20)19(13-28-22)11-23(21)29;1-3-10-27-15-17(13-26-23(29)9-4-6-16(2)28)11-20-19-7-5-8-21-24(19)18(14-25-21)12-22(20)27;1-3-7-23-11-15(13-25-12-14(2)24)8-18-17-5-4-6-19-21(17)16(10-22-19)9-20(18)23;1-3-7-23-12-14(10-21-13(2)24)8-17-16-5-4-6-18-20(16)15(11-22-18)9-19(17)23;1-3-7-22-11-14(12-24-13(2)23)8-17-16-5-4-6-18-20(16)15(10-21-18)9-19(17)22/h4,6-8,13,18,21,23,26,28H,1,5,9-12,14-16H2,2-3H3,(H,27,32);5,7-8,14,17,20,22,25H,3-4,6,9-13,15H2,1-2H3,(H,26,29);3-6,10,15,18,20,22H,1,7-9,11-13H2,2H3;4-6,11,14,17,19,22H,3,7-10,12H2,1-2H3,(H,21,24);4-6,10,14,17,19,21H,3,7-9,11-12H2,1-2H3/t18-,21-,23-;17-,20+,22+;15-,18-,20-;14-,17+,19+;14-,17-,19-/m10101/s1. The molecule has 134 heavy (non-hydrogen) atoms. The van der Waals surface area contributed by atoms with E-state index in [9.17, 15) is 33.6 Å². The fraction of sp³-hybridized carbons (Fsp3) is 0.536. The highest BCUT2D eigenvalue weighted by Crippen LogP contribution is 2.51. The van der Waals surface area contributed by atoms with E-state index < -0.39 is 0 Å². The number of fused-ring (bicyclic) bond motifs is 10. The second-order valence-electron chi connectivity index (χ2n) is 40.4. The summed E-state index contributed by atoms with van der Waals surface area (Å²) in [7, 11) is 0. The number of ether oxygens (including phenoxy) is 1. The molecule has 5 aliphatic carbocycles. The average Bonchev–Trinajstić information content (AvgIpc) is 1.52. The molecule has 10 heterocycles. The number of benzene rings is 5. The Morgan fingerprint density at radius 1 is 0.440 bits per heavy atom. The van der Waals surface area contributed by atoms with Gasteiger partial charge in [0.15, 0.2) is 0 Å². The molecule has 10 aromatic rings. The number of nitrogens with one attached hydrogen (secondary N) is 9. The lowest BCUT2D eigenvalue weighted by Gasteiger charge is -2.47. The van der Waals surface area contributed by atoms with Crippen LogP contribution in [0.15, 0.2) is 147 Å². The first-order valence-corrected chi connectivity index (χ1v) is 51.5. The van der Waals surface area contributed by atoms with E-state index in [4.69, 9.17) is 4.74 Å². The first kappa shape index (κ1) is 97.2. The molecule has 0 spiro atoms. The van der Waals surface area contributed by atoms with Crippen LogP contribution in [0.25, 0.3) is 54.5 Å². The van der Waals surface area contributed by atoms with Gasteiger partial charge in [-0.15, -0.1) is 13.2 Å². The fourth-order valence-electron chi connectivity index (χ4n) is 25.4. The fourth-order valence-corrected chi connectivity index (χ4v) is 26.4. The van der Waals surface area contributed by atoms with Gasteiger partial charge in [-0.2, -0.15) is 11.8 Å². The summed E-state index contributed by atoms with van der Waals surface area (Å²) in [5.74, 6) is 7.29. The van der Waals surface area contributed by atoms with E-state index in [-0.39, 0.29) is 47.7 Å². The Hall–Kier alpha value is -9.92. The molecule has 0 saturated carbocycles. The highest BCUT2D eigenvalue weighted by Gasteiger charge is 2.47. The predicted octanol–water partition coefficient (Wildman–Crippen LogP) is 17.2. The lowest BCUT2D eigenvalue weighted by Crippen LogP contribution is -2.54. The summed E-state index contributed by atoms with van der Waals surface area (Å²) in [4.78, 5) is 113. The Labute approximate surface area is 796 Å². The number of nitrogens with zero attached hydrogens (tertiary/aromatic N) is 6. The normalized spacial score (nSPS) is 24.7. The number of aromatic nitrogens is 5. The number of hydrogen-bond acceptors (Lipinski definition) is 15. The molecule has 5 aromatic carbocycles. The van der Waals surface area contributed by atoms with Crippen LogP contribution in [0.3, 0.4) is 0 Å². The minimum absolute atomic E-state index is 0.0659. The summed E-state index contributed by atoms with van der Waals surface area (Å²) in [5.41, 5.74) is 20.9. The highest BCUT2D eigenvalue weighted by atomic mass is 32.2. The van der Waals surface area contributed by atoms with E-state index in [1.807, 2.05) is 24.0 Å². The smallest absolute Gasteiger partial charge is 0.318 e. The van der Waals surface area contributed by atoms with Crippen LogP contribution in [0.1, 0.15) is 218 Å². The largest absolute Gasteiger partial charge is 0.466 e. The zero-order valence-electron chi connectivity index (χ0n) is 80.9. The number of Topliss-reactive ketones (excluding diaryl/α,β-unsaturated/α-hetero) is 3. The Morgan fingerprint density at radius 3 is 1.17 bits per heavy atom. The van der Waals surface area contributed by atoms with Gasteiger partial charge in [-0.3, -0.25) is 53.8 Å². The van der Waals surface area contributed by atoms with E-state index in [1.165, 1.54) is 136 Å². The molecule has 5 fully saturated rings. The number of carbonyl (C=O) groups excluding carboxylic acids is 7. The maximum Gasteiger partial charge on any atom is 0.318 e. The summed E-state index contributed by atoms with van der Waals surface area (Å²) < 4.78 is 5.34. The number of piperidine rings is 5. The van der Waals surface area contributed by atoms with Crippen LogP contribution in [0.4, 0.5) is 4.79 Å². The molecule has 20 rings (SSSR count). The van der Waals surface area contributed by atoms with Crippen molar-refractivity contribution in [1.82, 2.24) is 75.6 Å². The molecule has 0 bridgehead atoms. The van der Waals surface area contributed by atoms with E-state index in [1.54, 1.807) is 39.5 Å². The molecule has 15 atom stereocenters. The van der Waals surface area contributed by atoms with Crippen molar-refractivity contribution in [3.63, 3.8) is 0 Å². The van der Waals surface area contributed by atoms with Crippen molar-refractivity contribution in [3.05, 3.63) is 203 Å². The SMILES string of the molecule is C=CCN1C[C@H](CN(CNCC(C)=O)C(=O)NCC)C[C@@H]2c3cccc4[nH]cc(c34)C[C@H]21.C=CCN1C[C@H](CSCC(C)=O)C[C@@H]2c3cccc4[nH]cc(c34)C[C@H]21.CCCN1C[C@H](CNC(=O)CCCC(C)=O)C[C@@H]2c3cccc4[nH]cc(c34)C[C@H]21.CCCN1C[C@H](CNC(C)=O)C[C@@H]2c3cccc4[nH]cc(c34)C[C@H]21.CCCN1C[C@H](COC(C)=O)C[C@@H]2c3cccc4[nH]cc(c34)C[C@H]21. The maximum absolute atomic E-state index is 12.7. The first-order valence-electron chi connectivity index (χ1n) is 50.4. The molecule has 0 unspecified atom stereocenters. The first-order chi connectivity index (χ1) is 65.1. The molecule has 9 N–H and O–H groups in total. The van der Waals surface area contributed by atoms with Crippen LogP contribution in [-0.2, 0) is 65.6 Å². The van der Waals surface area contributed by atoms with Crippen LogP contribution < -0.4 is 21.3 Å². The van der Waals surface area contributed by atoms with Gasteiger partial charge in [0, 0.05) is 250 Å². The molecule has 23 nitrogen and oxygen atoms in total. The Kier molecular flexibility index (Phi) is 32.6. The van der Waals surface area contributed by atoms with Crippen molar-refractivity contribution in [2.45, 2.75) is 225 Å². The maximum atomic E-state index is 12.7. The summed E-state index contributed by atoms with van der Waals surface area (Å²) in [6, 6.07) is 35.9. The second kappa shape index (κ2) is 44.9. The van der Waals surface area contributed by atoms with Crippen LogP contribution in [0, 0.1) is 29.6 Å². The second-order valence-corrected chi connectivity index (χ2v) is 41.5. The minimum Gasteiger partial charge on any atom is -0.466 e. The minimum atomic E-state index is -0.169. The number of aromatic amines is 5. The van der Waals surface area contributed by atoms with E-state index in [0.717, 1.165) is 148 Å². The van der Waals surface area contributed by atoms with Gasteiger partial charge in [0.1, 0.15) is 17.3 Å². The number of H-pyrrole nitrogens is 5. The molecule has 24 heteroatoms. The quantitative estimate of drug-likeness (QED) is 0.0111. The zero-order valence-corrected chi connectivity index (χ0v) is 81.7. The lowest BCUT2D eigenvalue weighted by molar-refractivity contribution is -0.143. The van der Waals surface area contributed by atoms with Gasteiger partial charge >= 0.3 is 12.0 Å². The number of thioether (sulfide) groups is 1. The van der Waals surface area contributed by atoms with Crippen molar-refractivity contribution in [2.24, 2.45) is 29.6 Å². The molecule has 5 saturated heterocycles. The van der Waals surface area contributed by atoms with Crippen molar-refractivity contribution in [1.29, 1.82) is 0 Å². The van der Waals surface area contributed by atoms with Gasteiger partial charge in [0.05, 0.1) is 25.6 Å². The lowest BCUT2D eigenvalue weighted by atomic mass is 9.72. The van der Waals surface area contributed by atoms with Gasteiger partial charge in [-0.05, 0) is 253 Å². The molecule has 4 amide bonds. The third-order valence-corrected chi connectivity index (χ3v) is 32.0. The molecule has 10 aliphatic rings. The predicted molar refractivity (Wildman–Crippen MR) is 543 cm³/mol. The molecule has 5 aliphatic heterocycles. The van der Waals surface area contributed by atoms with Crippen molar-refractivity contribution >= 4 is 107 Å². The highest BCUT2D eigenvalue weighted by molar-refractivity contribution is 7.99. The van der Waals surface area contributed by atoms with Crippen LogP contribution >= 0.6 is 11.8 Å². The Balaban J connectivity index is 0.000000122. The molecule has 716 valence electrons. The number of likely N-dealkylation sites (tertiary alicyclic amines) is 5. The number of ketones is 3. The summed E-state index contributed by atoms with van der Waals surface area (Å²) in [6.07, 6.45) is 31.3. The number of esters is 1. The Morgan fingerprint density at radius 2 is 0.806 bits per heavy atom. The summed E-state index contributed by atoms with van der Waals surface area (Å²) >= 11 is 1.80. The Bertz CT molecular complexity index is 5650. The van der Waals surface area contributed by atoms with E-state index in [2.05, 4.69) is 227 Å². The number of carbonyl (C=O) groups is 7. The van der Waals surface area contributed by atoms with Crippen molar-refractivity contribution in [3.8, 4) is 0 Å². The van der Waals surface area contributed by atoms with Crippen LogP contribution in [0.5, 0.6) is 0 Å². The number of amides is 4. The van der Waals surface area contributed by atoms with Crippen molar-refractivity contribution < 1.29 is 38.3 Å². The molecular weight excluding hydrogens is 1690 g/mol. The third kappa shape index (κ3) is 22.2. The number of urea groups is 1. The van der Waals surface area contributed by atoms with Gasteiger partial charge in [0.2, 0.25) is 11.8 Å². The topological polar surface area (TPSA) is 275 Å². The zero-order chi connectivity index (χ0) is 93.8. The molecule has 0 radical (unpaired) electrons. The molecular formula is C110H147N15O8S. The van der Waals surface area contributed by atoms with E-state index >= 15 is 0 Å². The monoisotopic (exact) mass is 1840 g/mol. The van der Waals surface area contributed by atoms with Gasteiger partial charge < -0.3 is 55.3 Å². The third-order valence-electron chi connectivity index (χ3n) is 30.7. The van der Waals surface area contributed by atoms with Crippen LogP contribution in [0.2, 0.25) is 0 Å². The molecule has 5 aromatic heterocycles. The van der Waals surface area contributed by atoms with Gasteiger partial charge in [-0.25, -0.2) is 4.79 Å². The van der Waals surface area contributed by atoms with E-state index in [0.29, 0.717) is 141 Å². The summed E-state index contributed by atoms with van der Waals surface area (Å²) in [6.45, 7) is 39.0. The van der Waals surface area contributed by atoms with Gasteiger partial charge in [0.25, 0.3) is 0 Å². The average molecular weight is 1840 g/mol. The van der Waals surface area contributed by atoms with Gasteiger partial charge in [-0.1, -0.05) is 93.6 Å².